The highest BCUT2D eigenvalue weighted by molar-refractivity contribution is 5.64. The standard InChI is InChI=1S/C20H21N/c1-14-5-4-6-19-17(8-7-14)9-10-20(21-19)18-12-15(2)11-16(3)13-18/h4-6,9-13H,7-8H2,1-3H3/b6-4-,14-5-. The van der Waals surface area contributed by atoms with E-state index >= 15 is 0 Å². The van der Waals surface area contributed by atoms with E-state index in [1.54, 1.807) is 0 Å². The van der Waals surface area contributed by atoms with Crippen LogP contribution in [0.25, 0.3) is 17.3 Å². The lowest BCUT2D eigenvalue weighted by molar-refractivity contribution is 0.926. The summed E-state index contributed by atoms with van der Waals surface area (Å²) in [6.07, 6.45) is 8.62. The third kappa shape index (κ3) is 3.13. The fraction of sp³-hybridized carbons (Fsp3) is 0.250. The lowest BCUT2D eigenvalue weighted by Gasteiger charge is -2.11. The van der Waals surface area contributed by atoms with Gasteiger partial charge < -0.3 is 0 Å². The number of aryl methyl sites for hydroxylation is 3. The highest BCUT2D eigenvalue weighted by atomic mass is 14.7. The largest absolute Gasteiger partial charge is 0.248 e. The van der Waals surface area contributed by atoms with E-state index in [-0.39, 0.29) is 0 Å². The van der Waals surface area contributed by atoms with Crippen molar-refractivity contribution in [2.45, 2.75) is 33.6 Å². The van der Waals surface area contributed by atoms with Crippen LogP contribution in [0.4, 0.5) is 0 Å². The van der Waals surface area contributed by atoms with Gasteiger partial charge in [0.25, 0.3) is 0 Å². The molecule has 0 aliphatic heterocycles. The second-order valence-electron chi connectivity index (χ2n) is 5.99. The molecule has 1 aliphatic rings. The fourth-order valence-corrected chi connectivity index (χ4v) is 2.86. The van der Waals surface area contributed by atoms with E-state index in [2.05, 4.69) is 69.3 Å². The smallest absolute Gasteiger partial charge is 0.0709 e. The van der Waals surface area contributed by atoms with Gasteiger partial charge in [0, 0.05) is 5.56 Å². The third-order valence-electron chi connectivity index (χ3n) is 3.95. The summed E-state index contributed by atoms with van der Waals surface area (Å²) in [5.74, 6) is 0. The number of rotatable bonds is 1. The molecule has 1 heteroatoms. The minimum Gasteiger partial charge on any atom is -0.248 e. The Bertz CT molecular complexity index is 715. The van der Waals surface area contributed by atoms with Gasteiger partial charge in [0.1, 0.15) is 0 Å². The van der Waals surface area contributed by atoms with Gasteiger partial charge in [-0.15, -0.1) is 0 Å². The van der Waals surface area contributed by atoms with E-state index in [1.807, 2.05) is 0 Å². The number of allylic oxidation sites excluding steroid dienone is 3. The Morgan fingerprint density at radius 2 is 1.67 bits per heavy atom. The van der Waals surface area contributed by atoms with Crippen LogP contribution in [0.5, 0.6) is 0 Å². The Morgan fingerprint density at radius 1 is 0.905 bits per heavy atom. The molecule has 0 saturated carbocycles. The van der Waals surface area contributed by atoms with Crippen LogP contribution in [-0.2, 0) is 6.42 Å². The minimum absolute atomic E-state index is 1.06. The van der Waals surface area contributed by atoms with Gasteiger partial charge in [-0.05, 0) is 63.5 Å². The molecule has 0 saturated heterocycles. The van der Waals surface area contributed by atoms with E-state index in [1.165, 1.54) is 27.8 Å². The van der Waals surface area contributed by atoms with Gasteiger partial charge in [-0.25, -0.2) is 4.98 Å². The molecule has 0 bridgehead atoms. The number of fused-ring (bicyclic) bond motifs is 1. The molecule has 1 heterocycles. The van der Waals surface area contributed by atoms with Crippen molar-refractivity contribution in [1.29, 1.82) is 0 Å². The van der Waals surface area contributed by atoms with Crippen molar-refractivity contribution in [3.05, 3.63) is 70.4 Å². The van der Waals surface area contributed by atoms with Crippen molar-refractivity contribution >= 4 is 6.08 Å². The van der Waals surface area contributed by atoms with Gasteiger partial charge in [-0.3, -0.25) is 0 Å². The summed E-state index contributed by atoms with van der Waals surface area (Å²) in [5, 5.41) is 0. The molecule has 21 heavy (non-hydrogen) atoms. The van der Waals surface area contributed by atoms with Crippen molar-refractivity contribution in [2.75, 3.05) is 0 Å². The molecule has 0 N–H and O–H groups in total. The molecule has 3 rings (SSSR count). The Balaban J connectivity index is 2.05. The molecule has 106 valence electrons. The van der Waals surface area contributed by atoms with Crippen molar-refractivity contribution < 1.29 is 0 Å². The van der Waals surface area contributed by atoms with Gasteiger partial charge in [-0.1, -0.05) is 41.0 Å². The van der Waals surface area contributed by atoms with Crippen LogP contribution < -0.4 is 0 Å². The second kappa shape index (κ2) is 5.69. The zero-order chi connectivity index (χ0) is 14.8. The summed E-state index contributed by atoms with van der Waals surface area (Å²) in [6, 6.07) is 11.0. The van der Waals surface area contributed by atoms with Gasteiger partial charge in [-0.2, -0.15) is 0 Å². The van der Waals surface area contributed by atoms with E-state index < -0.39 is 0 Å². The molecule has 1 aromatic carbocycles. The summed E-state index contributed by atoms with van der Waals surface area (Å²) in [5.41, 5.74) is 8.71. The van der Waals surface area contributed by atoms with E-state index in [4.69, 9.17) is 4.98 Å². The van der Waals surface area contributed by atoms with E-state index in [0.717, 1.165) is 24.2 Å². The lowest BCUT2D eigenvalue weighted by Crippen LogP contribution is -1.98. The minimum atomic E-state index is 1.06. The maximum Gasteiger partial charge on any atom is 0.0709 e. The van der Waals surface area contributed by atoms with Gasteiger partial charge in [0.2, 0.25) is 0 Å². The Morgan fingerprint density at radius 3 is 2.43 bits per heavy atom. The summed E-state index contributed by atoms with van der Waals surface area (Å²) >= 11 is 0. The maximum atomic E-state index is 4.88. The number of aromatic nitrogens is 1. The lowest BCUT2D eigenvalue weighted by atomic mass is 9.99. The zero-order valence-electron chi connectivity index (χ0n) is 13.0. The van der Waals surface area contributed by atoms with Gasteiger partial charge in [0.15, 0.2) is 0 Å². The average molecular weight is 275 g/mol. The average Bonchev–Trinajstić information content (AvgIpc) is 2.42. The van der Waals surface area contributed by atoms with Crippen LogP contribution in [-0.4, -0.2) is 4.98 Å². The summed E-state index contributed by atoms with van der Waals surface area (Å²) < 4.78 is 0. The molecule has 0 unspecified atom stereocenters. The van der Waals surface area contributed by atoms with Crippen LogP contribution in [0.1, 0.15) is 35.7 Å². The maximum absolute atomic E-state index is 4.88. The molecule has 0 radical (unpaired) electrons. The van der Waals surface area contributed by atoms with Crippen LogP contribution >= 0.6 is 0 Å². The Kier molecular flexibility index (Phi) is 3.74. The highest BCUT2D eigenvalue weighted by Gasteiger charge is 2.08. The first kappa shape index (κ1) is 13.8. The molecule has 1 aromatic heterocycles. The number of hydrogen-bond donors (Lipinski definition) is 0. The molecular weight excluding hydrogens is 254 g/mol. The first-order valence-electron chi connectivity index (χ1n) is 7.54. The normalized spacial score (nSPS) is 18.1. The van der Waals surface area contributed by atoms with Crippen molar-refractivity contribution in [3.63, 3.8) is 0 Å². The third-order valence-corrected chi connectivity index (χ3v) is 3.95. The molecule has 1 nitrogen and oxygen atoms in total. The monoisotopic (exact) mass is 275 g/mol. The van der Waals surface area contributed by atoms with Crippen LogP contribution in [0.3, 0.4) is 0 Å². The van der Waals surface area contributed by atoms with Crippen LogP contribution in [0.15, 0.2) is 48.1 Å². The number of benzene rings is 1. The highest BCUT2D eigenvalue weighted by Crippen LogP contribution is 2.24. The number of pyridine rings is 1. The predicted octanol–water partition coefficient (Wildman–Crippen LogP) is 5.27. The predicted molar refractivity (Wildman–Crippen MR) is 90.3 cm³/mol. The van der Waals surface area contributed by atoms with Crippen LogP contribution in [0.2, 0.25) is 0 Å². The Hall–Kier alpha value is -2.15. The molecule has 0 amide bonds. The summed E-state index contributed by atoms with van der Waals surface area (Å²) in [6.45, 7) is 6.46. The van der Waals surface area contributed by atoms with Gasteiger partial charge in [0.05, 0.1) is 11.4 Å². The Labute approximate surface area is 127 Å². The van der Waals surface area contributed by atoms with E-state index in [0.29, 0.717) is 0 Å². The molecule has 0 atom stereocenters. The SMILES string of the molecule is C/C1=C/C=C\c2nc(-c3cc(C)cc(C)c3)ccc2CC1. The number of hydrogen-bond acceptors (Lipinski definition) is 1. The number of nitrogens with zero attached hydrogens (tertiary/aromatic N) is 1. The van der Waals surface area contributed by atoms with Gasteiger partial charge >= 0.3 is 0 Å². The van der Waals surface area contributed by atoms with E-state index in [9.17, 15) is 0 Å². The van der Waals surface area contributed by atoms with Crippen molar-refractivity contribution in [1.82, 2.24) is 4.98 Å². The summed E-state index contributed by atoms with van der Waals surface area (Å²) in [7, 11) is 0. The van der Waals surface area contributed by atoms with Crippen molar-refractivity contribution in [2.24, 2.45) is 0 Å². The molecular formula is C20H21N. The first-order valence-corrected chi connectivity index (χ1v) is 7.54. The zero-order valence-corrected chi connectivity index (χ0v) is 13.0. The molecule has 2 aromatic rings. The second-order valence-corrected chi connectivity index (χ2v) is 5.99. The van der Waals surface area contributed by atoms with Crippen LogP contribution in [0, 0.1) is 13.8 Å². The molecule has 0 spiro atoms. The summed E-state index contributed by atoms with van der Waals surface area (Å²) in [4.78, 5) is 4.88. The quantitative estimate of drug-likeness (QED) is 0.690. The fourth-order valence-electron chi connectivity index (χ4n) is 2.86. The molecule has 1 aliphatic carbocycles. The van der Waals surface area contributed by atoms with Crippen molar-refractivity contribution in [3.8, 4) is 11.3 Å². The topological polar surface area (TPSA) is 12.9 Å². The molecule has 0 fully saturated rings. The first-order chi connectivity index (χ1) is 10.1.